The largest absolute Gasteiger partial charge is 0.339 e. The van der Waals surface area contributed by atoms with Gasteiger partial charge in [-0.05, 0) is 30.7 Å². The lowest BCUT2D eigenvalue weighted by molar-refractivity contribution is 0.0736. The van der Waals surface area contributed by atoms with Crippen LogP contribution in [-0.4, -0.2) is 28.9 Å². The topological polar surface area (TPSA) is 33.2 Å². The van der Waals surface area contributed by atoms with Crippen molar-refractivity contribution in [3.63, 3.8) is 0 Å². The van der Waals surface area contributed by atoms with E-state index in [0.717, 1.165) is 19.0 Å². The molecule has 0 radical (unpaired) electrons. The number of carbonyl (C=O) groups excluding carboxylic acids is 1. The molecule has 0 saturated carbocycles. The third-order valence-corrected chi connectivity index (χ3v) is 3.24. The molecule has 1 rings (SSSR count). The van der Waals surface area contributed by atoms with Crippen molar-refractivity contribution in [2.45, 2.75) is 40.5 Å². The number of hydrogen-bond donors (Lipinski definition) is 0. The zero-order valence-electron chi connectivity index (χ0n) is 12.9. The average molecular weight is 280 g/mol. The first kappa shape index (κ1) is 16.6. The first-order chi connectivity index (χ1) is 9.41. The lowest BCUT2D eigenvalue weighted by atomic mass is 10.1. The van der Waals surface area contributed by atoms with Gasteiger partial charge in [-0.25, -0.2) is 4.39 Å². The van der Waals surface area contributed by atoms with Crippen LogP contribution in [-0.2, 0) is 0 Å². The summed E-state index contributed by atoms with van der Waals surface area (Å²) in [5, 5.41) is 0. The molecule has 4 heteroatoms. The summed E-state index contributed by atoms with van der Waals surface area (Å²) in [4.78, 5) is 17.9. The van der Waals surface area contributed by atoms with E-state index in [-0.39, 0.29) is 11.5 Å². The van der Waals surface area contributed by atoms with Crippen LogP contribution in [0.25, 0.3) is 0 Å². The summed E-state index contributed by atoms with van der Waals surface area (Å²) in [6, 6.07) is 1.45. The van der Waals surface area contributed by atoms with Crippen molar-refractivity contribution >= 4 is 5.91 Å². The molecule has 1 amide bonds. The summed E-state index contributed by atoms with van der Waals surface area (Å²) < 4.78 is 13.7. The molecule has 20 heavy (non-hydrogen) atoms. The SMILES string of the molecule is CC(C)CCN(CCC(C)C)C(=O)c1ccncc1F. The van der Waals surface area contributed by atoms with Crippen molar-refractivity contribution < 1.29 is 9.18 Å². The van der Waals surface area contributed by atoms with Crippen LogP contribution in [0, 0.1) is 17.7 Å². The first-order valence-corrected chi connectivity index (χ1v) is 7.30. The van der Waals surface area contributed by atoms with E-state index in [1.165, 1.54) is 12.3 Å². The zero-order chi connectivity index (χ0) is 15.1. The minimum Gasteiger partial charge on any atom is -0.339 e. The van der Waals surface area contributed by atoms with E-state index in [1.54, 1.807) is 4.90 Å². The summed E-state index contributed by atoms with van der Waals surface area (Å²) in [6.45, 7) is 9.84. The highest BCUT2D eigenvalue weighted by Crippen LogP contribution is 2.13. The number of nitrogens with zero attached hydrogens (tertiary/aromatic N) is 2. The van der Waals surface area contributed by atoms with Crippen LogP contribution in [0.4, 0.5) is 4.39 Å². The summed E-state index contributed by atoms with van der Waals surface area (Å²) in [7, 11) is 0. The number of carbonyl (C=O) groups is 1. The maximum Gasteiger partial charge on any atom is 0.256 e. The molecule has 0 aliphatic rings. The van der Waals surface area contributed by atoms with E-state index in [1.807, 2.05) is 0 Å². The fourth-order valence-corrected chi connectivity index (χ4v) is 1.86. The monoisotopic (exact) mass is 280 g/mol. The number of rotatable bonds is 7. The second-order valence-corrected chi connectivity index (χ2v) is 6.01. The van der Waals surface area contributed by atoms with Gasteiger partial charge >= 0.3 is 0 Å². The summed E-state index contributed by atoms with van der Waals surface area (Å²) >= 11 is 0. The second kappa shape index (κ2) is 7.98. The lowest BCUT2D eigenvalue weighted by Gasteiger charge is -2.24. The Balaban J connectivity index is 2.80. The molecule has 0 N–H and O–H groups in total. The van der Waals surface area contributed by atoms with Gasteiger partial charge in [0.15, 0.2) is 5.82 Å². The maximum atomic E-state index is 13.7. The fraction of sp³-hybridized carbons (Fsp3) is 0.625. The zero-order valence-corrected chi connectivity index (χ0v) is 12.9. The van der Waals surface area contributed by atoms with Crippen LogP contribution >= 0.6 is 0 Å². The molecule has 0 aliphatic carbocycles. The fourth-order valence-electron chi connectivity index (χ4n) is 1.86. The van der Waals surface area contributed by atoms with Gasteiger partial charge in [0.2, 0.25) is 0 Å². The number of halogens is 1. The molecule has 0 unspecified atom stereocenters. The Kier molecular flexibility index (Phi) is 6.62. The molecule has 0 aliphatic heterocycles. The summed E-state index contributed by atoms with van der Waals surface area (Å²) in [5.74, 6) is 0.265. The van der Waals surface area contributed by atoms with Crippen molar-refractivity contribution in [1.82, 2.24) is 9.88 Å². The predicted molar refractivity (Wildman–Crippen MR) is 79.0 cm³/mol. The van der Waals surface area contributed by atoms with Crippen LogP contribution in [0.5, 0.6) is 0 Å². The van der Waals surface area contributed by atoms with Crippen LogP contribution < -0.4 is 0 Å². The van der Waals surface area contributed by atoms with Crippen LogP contribution in [0.3, 0.4) is 0 Å². The summed E-state index contributed by atoms with van der Waals surface area (Å²) in [6.07, 6.45) is 4.41. The third-order valence-electron chi connectivity index (χ3n) is 3.24. The molecule has 0 bridgehead atoms. The number of pyridine rings is 1. The molecule has 1 aromatic heterocycles. The van der Waals surface area contributed by atoms with Gasteiger partial charge in [-0.2, -0.15) is 0 Å². The van der Waals surface area contributed by atoms with E-state index in [9.17, 15) is 9.18 Å². The van der Waals surface area contributed by atoms with Crippen molar-refractivity contribution in [2.75, 3.05) is 13.1 Å². The van der Waals surface area contributed by atoms with E-state index in [4.69, 9.17) is 0 Å². The van der Waals surface area contributed by atoms with E-state index in [0.29, 0.717) is 24.9 Å². The van der Waals surface area contributed by atoms with E-state index >= 15 is 0 Å². The standard InChI is InChI=1S/C16H25FN2O/c1-12(2)6-9-19(10-7-13(3)4)16(20)14-5-8-18-11-15(14)17/h5,8,11-13H,6-7,9-10H2,1-4H3. The average Bonchev–Trinajstić information content (AvgIpc) is 2.38. The van der Waals surface area contributed by atoms with Gasteiger partial charge < -0.3 is 4.90 Å². The third kappa shape index (κ3) is 5.27. The highest BCUT2D eigenvalue weighted by atomic mass is 19.1. The van der Waals surface area contributed by atoms with E-state index in [2.05, 4.69) is 32.7 Å². The lowest BCUT2D eigenvalue weighted by Crippen LogP contribution is -2.34. The quantitative estimate of drug-likeness (QED) is 0.762. The molecule has 0 saturated heterocycles. The van der Waals surface area contributed by atoms with Gasteiger partial charge in [0, 0.05) is 19.3 Å². The van der Waals surface area contributed by atoms with Crippen LogP contribution in [0.15, 0.2) is 18.5 Å². The predicted octanol–water partition coefficient (Wildman–Crippen LogP) is 3.76. The van der Waals surface area contributed by atoms with Crippen molar-refractivity contribution in [3.05, 3.63) is 29.8 Å². The van der Waals surface area contributed by atoms with Crippen LogP contribution in [0.1, 0.15) is 50.9 Å². The molecular formula is C16H25FN2O. The Labute approximate surface area is 121 Å². The number of hydrogen-bond acceptors (Lipinski definition) is 2. The normalized spacial score (nSPS) is 11.2. The van der Waals surface area contributed by atoms with Gasteiger partial charge in [0.25, 0.3) is 5.91 Å². The highest BCUT2D eigenvalue weighted by molar-refractivity contribution is 5.94. The van der Waals surface area contributed by atoms with Gasteiger partial charge in [-0.1, -0.05) is 27.7 Å². The van der Waals surface area contributed by atoms with Gasteiger partial charge in [-0.15, -0.1) is 0 Å². The smallest absolute Gasteiger partial charge is 0.256 e. The minimum absolute atomic E-state index is 0.118. The molecule has 0 fully saturated rings. The van der Waals surface area contributed by atoms with Gasteiger partial charge in [0.05, 0.1) is 11.8 Å². The van der Waals surface area contributed by atoms with Crippen LogP contribution in [0.2, 0.25) is 0 Å². The Morgan fingerprint density at radius 1 is 1.20 bits per heavy atom. The Bertz CT molecular complexity index is 420. The Hall–Kier alpha value is -1.45. The molecule has 3 nitrogen and oxygen atoms in total. The second-order valence-electron chi connectivity index (χ2n) is 6.01. The minimum atomic E-state index is -0.545. The Morgan fingerprint density at radius 3 is 2.20 bits per heavy atom. The van der Waals surface area contributed by atoms with Crippen molar-refractivity contribution in [3.8, 4) is 0 Å². The first-order valence-electron chi connectivity index (χ1n) is 7.30. The van der Waals surface area contributed by atoms with Crippen molar-refractivity contribution in [1.29, 1.82) is 0 Å². The molecule has 112 valence electrons. The summed E-state index contributed by atoms with van der Waals surface area (Å²) in [5.41, 5.74) is 0.118. The number of aromatic nitrogens is 1. The molecule has 0 aromatic carbocycles. The molecular weight excluding hydrogens is 255 g/mol. The maximum absolute atomic E-state index is 13.7. The Morgan fingerprint density at radius 2 is 1.75 bits per heavy atom. The molecule has 0 atom stereocenters. The highest BCUT2D eigenvalue weighted by Gasteiger charge is 2.19. The molecule has 0 spiro atoms. The molecule has 1 heterocycles. The number of amides is 1. The molecule has 1 aromatic rings. The van der Waals surface area contributed by atoms with Gasteiger partial charge in [0.1, 0.15) is 0 Å². The van der Waals surface area contributed by atoms with Crippen molar-refractivity contribution in [2.24, 2.45) is 11.8 Å². The van der Waals surface area contributed by atoms with E-state index < -0.39 is 5.82 Å². The van der Waals surface area contributed by atoms with Gasteiger partial charge in [-0.3, -0.25) is 9.78 Å².